The first-order valence-electron chi connectivity index (χ1n) is 11.6. The Hall–Kier alpha value is -4.49. The van der Waals surface area contributed by atoms with E-state index in [2.05, 4.69) is 0 Å². The zero-order valence-electron chi connectivity index (χ0n) is 20.2. The van der Waals surface area contributed by atoms with Gasteiger partial charge in [-0.3, -0.25) is 0 Å². The van der Waals surface area contributed by atoms with Crippen molar-refractivity contribution in [2.45, 2.75) is 30.7 Å². The standard InChI is InChI=1S/C27H26O12/c28-16-5-3-13(4-6-16)1-2-14-7-17(29)11-18(8-14)38-27-25(35)24(34)23(33)21(39-27)12-37-26(36)15-9-19(30)22(32)20(31)10-15/h1-11,21,23-25,27-35H,12H2/b2-1+/t21-,23-,24+,25-,27-/m0/s1. The Kier molecular flexibility index (Phi) is 8.12. The van der Waals surface area contributed by atoms with Crippen LogP contribution in [0.5, 0.6) is 34.5 Å². The molecule has 3 aromatic rings. The number of carbonyl (C=O) groups excluding carboxylic acids is 1. The van der Waals surface area contributed by atoms with E-state index in [1.165, 1.54) is 30.3 Å². The average Bonchev–Trinajstić information content (AvgIpc) is 2.90. The molecule has 4 rings (SSSR count). The summed E-state index contributed by atoms with van der Waals surface area (Å²) in [6, 6.07) is 12.3. The SMILES string of the molecule is O=C(OC[C@@H]1O[C@H](Oc2cc(O)cc(/C=C/c3ccc(O)cc3)c2)[C@@H](O)[C@H](O)[C@H]1O)c1cc(O)c(O)c(O)c1. The minimum Gasteiger partial charge on any atom is -0.508 e. The maximum absolute atomic E-state index is 12.3. The van der Waals surface area contributed by atoms with Gasteiger partial charge in [0.25, 0.3) is 0 Å². The molecule has 8 N–H and O–H groups in total. The number of ether oxygens (including phenoxy) is 3. The normalized spacial score (nSPS) is 23.0. The zero-order chi connectivity index (χ0) is 28.3. The summed E-state index contributed by atoms with van der Waals surface area (Å²) in [5.41, 5.74) is 0.973. The molecule has 0 aliphatic carbocycles. The molecule has 39 heavy (non-hydrogen) atoms. The van der Waals surface area contributed by atoms with E-state index in [1.807, 2.05) is 0 Å². The topological polar surface area (TPSA) is 207 Å². The number of phenolic OH excluding ortho intramolecular Hbond substituents is 5. The van der Waals surface area contributed by atoms with Crippen LogP contribution in [0, 0.1) is 0 Å². The first-order valence-corrected chi connectivity index (χ1v) is 11.6. The highest BCUT2D eigenvalue weighted by molar-refractivity contribution is 5.91. The van der Waals surface area contributed by atoms with Gasteiger partial charge < -0.3 is 55.1 Å². The first-order chi connectivity index (χ1) is 18.5. The fraction of sp³-hybridized carbons (Fsp3) is 0.222. The van der Waals surface area contributed by atoms with Gasteiger partial charge in [-0.15, -0.1) is 0 Å². The maximum Gasteiger partial charge on any atom is 0.338 e. The monoisotopic (exact) mass is 542 g/mol. The molecule has 1 aliphatic heterocycles. The largest absolute Gasteiger partial charge is 0.508 e. The summed E-state index contributed by atoms with van der Waals surface area (Å²) < 4.78 is 16.2. The highest BCUT2D eigenvalue weighted by Gasteiger charge is 2.45. The number of aliphatic hydroxyl groups excluding tert-OH is 3. The molecule has 12 nitrogen and oxygen atoms in total. The Morgan fingerprint density at radius 1 is 0.769 bits per heavy atom. The third kappa shape index (κ3) is 6.51. The van der Waals surface area contributed by atoms with Crippen LogP contribution in [0.25, 0.3) is 12.2 Å². The van der Waals surface area contributed by atoms with Crippen LogP contribution < -0.4 is 4.74 Å². The summed E-state index contributed by atoms with van der Waals surface area (Å²) in [6.07, 6.45) is -4.65. The Bertz CT molecular complexity index is 1330. The summed E-state index contributed by atoms with van der Waals surface area (Å²) in [4.78, 5) is 12.3. The predicted molar refractivity (Wildman–Crippen MR) is 134 cm³/mol. The van der Waals surface area contributed by atoms with E-state index in [-0.39, 0.29) is 22.8 Å². The van der Waals surface area contributed by atoms with Crippen molar-refractivity contribution in [3.05, 3.63) is 71.3 Å². The number of aromatic hydroxyl groups is 5. The molecule has 1 saturated heterocycles. The van der Waals surface area contributed by atoms with E-state index in [0.29, 0.717) is 5.56 Å². The molecule has 0 bridgehead atoms. The fourth-order valence-electron chi connectivity index (χ4n) is 3.80. The van der Waals surface area contributed by atoms with E-state index < -0.39 is 60.5 Å². The van der Waals surface area contributed by atoms with Crippen LogP contribution in [0.3, 0.4) is 0 Å². The predicted octanol–water partition coefficient (Wildman–Crippen LogP) is 1.43. The lowest BCUT2D eigenvalue weighted by atomic mass is 9.99. The molecule has 0 aromatic heterocycles. The highest BCUT2D eigenvalue weighted by Crippen LogP contribution is 2.35. The number of aliphatic hydroxyl groups is 3. The molecular formula is C27H26O12. The number of rotatable bonds is 7. The zero-order valence-corrected chi connectivity index (χ0v) is 20.2. The molecule has 1 aliphatic rings. The number of hydrogen-bond acceptors (Lipinski definition) is 12. The Morgan fingerprint density at radius 3 is 2.08 bits per heavy atom. The van der Waals surface area contributed by atoms with E-state index in [9.17, 15) is 45.6 Å². The van der Waals surface area contributed by atoms with Gasteiger partial charge >= 0.3 is 5.97 Å². The van der Waals surface area contributed by atoms with Gasteiger partial charge in [-0.2, -0.15) is 0 Å². The molecule has 1 fully saturated rings. The second-order valence-electron chi connectivity index (χ2n) is 8.78. The van der Waals surface area contributed by atoms with Crippen molar-refractivity contribution in [1.29, 1.82) is 0 Å². The van der Waals surface area contributed by atoms with E-state index in [4.69, 9.17) is 14.2 Å². The van der Waals surface area contributed by atoms with Crippen molar-refractivity contribution in [2.75, 3.05) is 6.61 Å². The van der Waals surface area contributed by atoms with Gasteiger partial charge in [0.05, 0.1) is 5.56 Å². The third-order valence-electron chi connectivity index (χ3n) is 5.88. The van der Waals surface area contributed by atoms with Crippen molar-refractivity contribution in [3.63, 3.8) is 0 Å². The van der Waals surface area contributed by atoms with Crippen molar-refractivity contribution in [3.8, 4) is 34.5 Å². The quantitative estimate of drug-likeness (QED) is 0.121. The number of esters is 1. The molecule has 5 atom stereocenters. The van der Waals surface area contributed by atoms with Crippen molar-refractivity contribution in [2.24, 2.45) is 0 Å². The van der Waals surface area contributed by atoms with Crippen LogP contribution in [0.15, 0.2) is 54.6 Å². The van der Waals surface area contributed by atoms with Gasteiger partial charge in [0.15, 0.2) is 17.2 Å². The third-order valence-corrected chi connectivity index (χ3v) is 5.88. The number of phenols is 5. The van der Waals surface area contributed by atoms with Gasteiger partial charge in [0.2, 0.25) is 6.29 Å². The number of benzene rings is 3. The molecule has 3 aromatic carbocycles. The van der Waals surface area contributed by atoms with Crippen LogP contribution in [0.1, 0.15) is 21.5 Å². The van der Waals surface area contributed by atoms with Crippen LogP contribution in [0.2, 0.25) is 0 Å². The Morgan fingerprint density at radius 2 is 1.41 bits per heavy atom. The summed E-state index contributed by atoms with van der Waals surface area (Å²) >= 11 is 0. The lowest BCUT2D eigenvalue weighted by Crippen LogP contribution is -2.60. The minimum atomic E-state index is -1.75. The fourth-order valence-corrected chi connectivity index (χ4v) is 3.80. The summed E-state index contributed by atoms with van der Waals surface area (Å²) in [5.74, 6) is -3.38. The number of carbonyl (C=O) groups is 1. The molecule has 0 unspecified atom stereocenters. The van der Waals surface area contributed by atoms with E-state index in [0.717, 1.165) is 17.7 Å². The van der Waals surface area contributed by atoms with Gasteiger partial charge in [0, 0.05) is 6.07 Å². The Balaban J connectivity index is 1.45. The molecule has 12 heteroatoms. The molecule has 0 radical (unpaired) electrons. The lowest BCUT2D eigenvalue weighted by Gasteiger charge is -2.39. The Labute approximate surface area is 221 Å². The molecule has 206 valence electrons. The molecular weight excluding hydrogens is 516 g/mol. The van der Waals surface area contributed by atoms with Crippen molar-refractivity contribution in [1.82, 2.24) is 0 Å². The molecule has 0 spiro atoms. The van der Waals surface area contributed by atoms with Gasteiger partial charge in [-0.25, -0.2) is 4.79 Å². The van der Waals surface area contributed by atoms with E-state index >= 15 is 0 Å². The maximum atomic E-state index is 12.3. The molecule has 0 saturated carbocycles. The van der Waals surface area contributed by atoms with Gasteiger partial charge in [-0.1, -0.05) is 24.3 Å². The highest BCUT2D eigenvalue weighted by atomic mass is 16.7. The summed E-state index contributed by atoms with van der Waals surface area (Å²) in [7, 11) is 0. The van der Waals surface area contributed by atoms with Crippen LogP contribution in [-0.4, -0.2) is 84.1 Å². The van der Waals surface area contributed by atoms with Crippen molar-refractivity contribution >= 4 is 18.1 Å². The van der Waals surface area contributed by atoms with E-state index in [1.54, 1.807) is 24.3 Å². The minimum absolute atomic E-state index is 0.0544. The van der Waals surface area contributed by atoms with Gasteiger partial charge in [0.1, 0.15) is 48.3 Å². The first kappa shape index (κ1) is 27.5. The van der Waals surface area contributed by atoms with Crippen molar-refractivity contribution < 1.29 is 59.9 Å². The van der Waals surface area contributed by atoms with Crippen LogP contribution in [-0.2, 0) is 9.47 Å². The smallest absolute Gasteiger partial charge is 0.338 e. The summed E-state index contributed by atoms with van der Waals surface area (Å²) in [5, 5.41) is 79.1. The second kappa shape index (κ2) is 11.5. The van der Waals surface area contributed by atoms with Crippen LogP contribution >= 0.6 is 0 Å². The summed E-state index contributed by atoms with van der Waals surface area (Å²) in [6.45, 7) is -0.618. The average molecular weight is 542 g/mol. The second-order valence-corrected chi connectivity index (χ2v) is 8.78. The lowest BCUT2D eigenvalue weighted by molar-refractivity contribution is -0.277. The molecule has 0 amide bonds. The van der Waals surface area contributed by atoms with Gasteiger partial charge in [-0.05, 0) is 47.5 Å². The number of hydrogen-bond donors (Lipinski definition) is 8. The van der Waals surface area contributed by atoms with Crippen LogP contribution in [0.4, 0.5) is 0 Å². The molecule has 1 heterocycles.